The highest BCUT2D eigenvalue weighted by Crippen LogP contribution is 2.29. The minimum absolute atomic E-state index is 0.00356. The smallest absolute Gasteiger partial charge is 0.331 e. The summed E-state index contributed by atoms with van der Waals surface area (Å²) in [5.74, 6) is -0.658. The summed E-state index contributed by atoms with van der Waals surface area (Å²) in [4.78, 5) is 39.2. The molecule has 0 radical (unpaired) electrons. The van der Waals surface area contributed by atoms with Crippen molar-refractivity contribution < 1.29 is 14.3 Å². The molecule has 0 spiro atoms. The summed E-state index contributed by atoms with van der Waals surface area (Å²) < 4.78 is 5.29. The number of anilines is 2. The number of carbonyl (C=O) groups excluding carboxylic acids is 2. The van der Waals surface area contributed by atoms with E-state index in [1.165, 1.54) is 29.9 Å². The summed E-state index contributed by atoms with van der Waals surface area (Å²) in [6.07, 6.45) is 5.39. The van der Waals surface area contributed by atoms with Crippen LogP contribution in [0.1, 0.15) is 30.8 Å². The van der Waals surface area contributed by atoms with Crippen molar-refractivity contribution in [3.05, 3.63) is 83.1 Å². The fraction of sp³-hybridized carbons (Fsp3) is 0.160. The van der Waals surface area contributed by atoms with Crippen LogP contribution in [0.3, 0.4) is 0 Å². The van der Waals surface area contributed by atoms with Gasteiger partial charge in [-0.25, -0.2) is 14.8 Å². The predicted molar refractivity (Wildman–Crippen MR) is 129 cm³/mol. The number of para-hydroxylation sites is 2. The van der Waals surface area contributed by atoms with Gasteiger partial charge in [0.2, 0.25) is 5.91 Å². The summed E-state index contributed by atoms with van der Waals surface area (Å²) in [5, 5.41) is 2.30. The molecule has 0 aliphatic rings. The van der Waals surface area contributed by atoms with Gasteiger partial charge >= 0.3 is 5.97 Å². The number of benzene rings is 2. The maximum Gasteiger partial charge on any atom is 0.331 e. The molecular formula is C25H22N4O3S. The van der Waals surface area contributed by atoms with Crippen LogP contribution in [0.15, 0.2) is 66.2 Å². The molecule has 2 heterocycles. The highest BCUT2D eigenvalue weighted by atomic mass is 32.1. The molecule has 8 heteroatoms. The van der Waals surface area contributed by atoms with Gasteiger partial charge in [-0.3, -0.25) is 14.7 Å². The van der Waals surface area contributed by atoms with E-state index >= 15 is 0 Å². The number of aryl methyl sites for hydroxylation is 1. The minimum atomic E-state index is -0.516. The molecule has 0 saturated heterocycles. The number of rotatable bonds is 7. The predicted octanol–water partition coefficient (Wildman–Crippen LogP) is 5.09. The second-order valence-corrected chi connectivity index (χ2v) is 8.06. The van der Waals surface area contributed by atoms with Crippen molar-refractivity contribution in [2.45, 2.75) is 26.9 Å². The van der Waals surface area contributed by atoms with Crippen molar-refractivity contribution in [2.24, 2.45) is 0 Å². The molecule has 4 rings (SSSR count). The molecule has 0 bridgehead atoms. The van der Waals surface area contributed by atoms with Crippen molar-refractivity contribution in [2.75, 3.05) is 4.90 Å². The molecule has 33 heavy (non-hydrogen) atoms. The van der Waals surface area contributed by atoms with Crippen LogP contribution in [0.25, 0.3) is 17.1 Å². The van der Waals surface area contributed by atoms with Gasteiger partial charge in [0.25, 0.3) is 0 Å². The van der Waals surface area contributed by atoms with Crippen molar-refractivity contribution >= 4 is 51.1 Å². The molecule has 0 aliphatic carbocycles. The molecular weight excluding hydrogens is 436 g/mol. The second kappa shape index (κ2) is 10.1. The van der Waals surface area contributed by atoms with Gasteiger partial charge in [0.05, 0.1) is 34.3 Å². The van der Waals surface area contributed by atoms with Gasteiger partial charge in [0.15, 0.2) is 5.13 Å². The van der Waals surface area contributed by atoms with E-state index < -0.39 is 5.97 Å². The number of ether oxygens (including phenoxy) is 1. The van der Waals surface area contributed by atoms with E-state index in [9.17, 15) is 9.59 Å². The zero-order chi connectivity index (χ0) is 23.2. The third-order valence-electron chi connectivity index (χ3n) is 4.87. The van der Waals surface area contributed by atoms with Gasteiger partial charge < -0.3 is 4.74 Å². The SMILES string of the molecule is CCc1ccc(N(C(C)=O)c2nc(COC(=O)/C=C/c3cnc4ccccc4n3)cs2)cc1. The Kier molecular flexibility index (Phi) is 6.85. The van der Waals surface area contributed by atoms with E-state index in [0.717, 1.165) is 23.1 Å². The molecule has 2 aromatic heterocycles. The molecule has 7 nitrogen and oxygen atoms in total. The monoisotopic (exact) mass is 458 g/mol. The van der Waals surface area contributed by atoms with Crippen molar-refractivity contribution in [1.82, 2.24) is 15.0 Å². The Bertz CT molecular complexity index is 1310. The van der Waals surface area contributed by atoms with Gasteiger partial charge in [0.1, 0.15) is 6.61 Å². The Morgan fingerprint density at radius 1 is 1.06 bits per heavy atom. The number of aromatic nitrogens is 3. The largest absolute Gasteiger partial charge is 0.456 e. The highest BCUT2D eigenvalue weighted by Gasteiger charge is 2.18. The Hall–Kier alpha value is -3.91. The second-order valence-electron chi connectivity index (χ2n) is 7.22. The lowest BCUT2D eigenvalue weighted by Crippen LogP contribution is -2.22. The zero-order valence-corrected chi connectivity index (χ0v) is 19.1. The van der Waals surface area contributed by atoms with Crippen LogP contribution in [0, 0.1) is 0 Å². The molecule has 166 valence electrons. The van der Waals surface area contributed by atoms with Crippen LogP contribution >= 0.6 is 11.3 Å². The molecule has 1 amide bonds. The van der Waals surface area contributed by atoms with Crippen molar-refractivity contribution in [3.8, 4) is 0 Å². The number of amides is 1. The maximum atomic E-state index is 12.3. The lowest BCUT2D eigenvalue weighted by molar-refractivity contribution is -0.139. The molecule has 0 unspecified atom stereocenters. The average Bonchev–Trinajstić information content (AvgIpc) is 3.30. The van der Waals surface area contributed by atoms with E-state index in [4.69, 9.17) is 4.74 Å². The molecule has 0 atom stereocenters. The molecule has 0 N–H and O–H groups in total. The fourth-order valence-corrected chi connectivity index (χ4v) is 4.04. The zero-order valence-electron chi connectivity index (χ0n) is 18.3. The summed E-state index contributed by atoms with van der Waals surface area (Å²) >= 11 is 1.32. The van der Waals surface area contributed by atoms with Gasteiger partial charge in [-0.1, -0.05) is 31.2 Å². The summed E-state index contributed by atoms with van der Waals surface area (Å²) in [7, 11) is 0. The third-order valence-corrected chi connectivity index (χ3v) is 5.74. The lowest BCUT2D eigenvalue weighted by atomic mass is 10.1. The molecule has 2 aromatic carbocycles. The van der Waals surface area contributed by atoms with Crippen LogP contribution in [-0.2, 0) is 27.4 Å². The van der Waals surface area contributed by atoms with Gasteiger partial charge in [0, 0.05) is 18.4 Å². The third kappa shape index (κ3) is 5.48. The van der Waals surface area contributed by atoms with E-state index in [1.54, 1.807) is 22.6 Å². The van der Waals surface area contributed by atoms with Crippen molar-refractivity contribution in [1.29, 1.82) is 0 Å². The average molecular weight is 459 g/mol. The van der Waals surface area contributed by atoms with Crippen LogP contribution in [-0.4, -0.2) is 26.8 Å². The Morgan fingerprint density at radius 3 is 2.55 bits per heavy atom. The first-order chi connectivity index (χ1) is 16.0. The lowest BCUT2D eigenvalue weighted by Gasteiger charge is -2.18. The molecule has 0 fully saturated rings. The van der Waals surface area contributed by atoms with E-state index in [0.29, 0.717) is 16.5 Å². The number of nitrogens with zero attached hydrogens (tertiary/aromatic N) is 4. The highest BCUT2D eigenvalue weighted by molar-refractivity contribution is 7.14. The summed E-state index contributed by atoms with van der Waals surface area (Å²) in [6.45, 7) is 3.58. The van der Waals surface area contributed by atoms with E-state index in [2.05, 4.69) is 21.9 Å². The standard InChI is InChI=1S/C25H22N4O3S/c1-3-18-8-11-21(12-9-18)29(17(2)30)25-28-20(16-33-25)15-32-24(31)13-10-19-14-26-22-6-4-5-7-23(22)27-19/h4-14,16H,3,15H2,1-2H3/b13-10+. The maximum absolute atomic E-state index is 12.3. The molecule has 0 saturated carbocycles. The minimum Gasteiger partial charge on any atom is -0.456 e. The van der Waals surface area contributed by atoms with Crippen LogP contribution in [0.2, 0.25) is 0 Å². The fourth-order valence-electron chi connectivity index (χ4n) is 3.17. The quantitative estimate of drug-likeness (QED) is 0.283. The summed E-state index contributed by atoms with van der Waals surface area (Å²) in [5.41, 5.74) is 4.61. The first-order valence-electron chi connectivity index (χ1n) is 10.4. The normalized spacial score (nSPS) is 11.1. The molecule has 4 aromatic rings. The Labute approximate surface area is 195 Å². The first kappa shape index (κ1) is 22.3. The van der Waals surface area contributed by atoms with E-state index in [-0.39, 0.29) is 12.5 Å². The Morgan fingerprint density at radius 2 is 1.82 bits per heavy atom. The van der Waals surface area contributed by atoms with Gasteiger partial charge in [-0.2, -0.15) is 0 Å². The van der Waals surface area contributed by atoms with Crippen LogP contribution in [0.4, 0.5) is 10.8 Å². The van der Waals surface area contributed by atoms with E-state index in [1.807, 2.05) is 48.5 Å². The number of hydrogen-bond donors (Lipinski definition) is 0. The number of hydrogen-bond acceptors (Lipinski definition) is 7. The van der Waals surface area contributed by atoms with Crippen LogP contribution in [0.5, 0.6) is 0 Å². The van der Waals surface area contributed by atoms with Crippen molar-refractivity contribution in [3.63, 3.8) is 0 Å². The number of fused-ring (bicyclic) bond motifs is 1. The number of thiazole rings is 1. The number of esters is 1. The first-order valence-corrected chi connectivity index (χ1v) is 11.3. The summed E-state index contributed by atoms with van der Waals surface area (Å²) in [6, 6.07) is 15.3. The Balaban J connectivity index is 1.39. The number of carbonyl (C=O) groups is 2. The van der Waals surface area contributed by atoms with Crippen LogP contribution < -0.4 is 4.90 Å². The van der Waals surface area contributed by atoms with Gasteiger partial charge in [-0.15, -0.1) is 11.3 Å². The van der Waals surface area contributed by atoms with Gasteiger partial charge in [-0.05, 0) is 42.3 Å². The molecule has 0 aliphatic heterocycles. The topological polar surface area (TPSA) is 85.3 Å².